The van der Waals surface area contributed by atoms with Crippen molar-refractivity contribution in [3.8, 4) is 5.75 Å². The van der Waals surface area contributed by atoms with E-state index in [0.29, 0.717) is 5.69 Å². The number of carboxylic acid groups (broad SMARTS) is 1. The molecule has 0 saturated heterocycles. The second-order valence-electron chi connectivity index (χ2n) is 6.28. The first kappa shape index (κ1) is 18.2. The van der Waals surface area contributed by atoms with Crippen LogP contribution in [0.25, 0.3) is 0 Å². The number of phenols is 1. The molecule has 0 spiro atoms. The van der Waals surface area contributed by atoms with Crippen molar-refractivity contribution in [3.05, 3.63) is 89.0 Å². The predicted molar refractivity (Wildman–Crippen MR) is 104 cm³/mol. The molecular formula is C22H19NO4. The molecular weight excluding hydrogens is 342 g/mol. The number of aromatic carboxylic acids is 1. The maximum absolute atomic E-state index is 12.8. The highest BCUT2D eigenvalue weighted by Gasteiger charge is 2.20. The van der Waals surface area contributed by atoms with E-state index in [1.54, 1.807) is 18.2 Å². The molecule has 0 aliphatic carbocycles. The zero-order valence-corrected chi connectivity index (χ0v) is 15.0. The summed E-state index contributed by atoms with van der Waals surface area (Å²) in [6, 6.07) is 18.6. The van der Waals surface area contributed by atoms with E-state index >= 15 is 0 Å². The second-order valence-corrected chi connectivity index (χ2v) is 6.28. The molecule has 0 bridgehead atoms. The Morgan fingerprint density at radius 3 is 2.11 bits per heavy atom. The number of ketones is 1. The van der Waals surface area contributed by atoms with Crippen LogP contribution < -0.4 is 4.90 Å². The number of aryl methyl sites for hydroxylation is 1. The molecule has 3 aromatic carbocycles. The summed E-state index contributed by atoms with van der Waals surface area (Å²) in [5.74, 6) is -1.92. The molecule has 0 aliphatic rings. The average Bonchev–Trinajstić information content (AvgIpc) is 2.66. The van der Waals surface area contributed by atoms with Gasteiger partial charge in [0, 0.05) is 30.1 Å². The standard InChI is InChI=1S/C22H19NO4/c1-14-6-5-7-15(12-14)23(2)16-10-11-19(20(24)13-16)21(25)17-8-3-4-9-18(17)22(26)27/h3-13,24H,1-2H3,(H,26,27). The molecule has 3 rings (SSSR count). The van der Waals surface area contributed by atoms with Crippen LogP contribution in [0, 0.1) is 6.92 Å². The Hall–Kier alpha value is -3.60. The van der Waals surface area contributed by atoms with Gasteiger partial charge >= 0.3 is 5.97 Å². The summed E-state index contributed by atoms with van der Waals surface area (Å²) in [6.07, 6.45) is 0. The van der Waals surface area contributed by atoms with Crippen LogP contribution in [0.5, 0.6) is 5.75 Å². The van der Waals surface area contributed by atoms with Crippen molar-refractivity contribution in [1.82, 2.24) is 0 Å². The topological polar surface area (TPSA) is 77.8 Å². The fourth-order valence-corrected chi connectivity index (χ4v) is 2.92. The van der Waals surface area contributed by atoms with Gasteiger partial charge in [0.05, 0.1) is 11.1 Å². The van der Waals surface area contributed by atoms with E-state index in [2.05, 4.69) is 0 Å². The van der Waals surface area contributed by atoms with Crippen molar-refractivity contribution < 1.29 is 19.8 Å². The lowest BCUT2D eigenvalue weighted by atomic mass is 9.97. The Kier molecular flexibility index (Phi) is 4.94. The molecule has 0 amide bonds. The van der Waals surface area contributed by atoms with Crippen LogP contribution in [0.1, 0.15) is 31.8 Å². The highest BCUT2D eigenvalue weighted by Crippen LogP contribution is 2.30. The SMILES string of the molecule is Cc1cccc(N(C)c2ccc(C(=O)c3ccccc3C(=O)O)c(O)c2)c1. The van der Waals surface area contributed by atoms with Gasteiger partial charge in [-0.15, -0.1) is 0 Å². The molecule has 0 saturated carbocycles. The first-order valence-electron chi connectivity index (χ1n) is 8.39. The zero-order chi connectivity index (χ0) is 19.6. The van der Waals surface area contributed by atoms with Crippen molar-refractivity contribution in [2.75, 3.05) is 11.9 Å². The Balaban J connectivity index is 1.96. The Morgan fingerprint density at radius 2 is 1.48 bits per heavy atom. The smallest absolute Gasteiger partial charge is 0.336 e. The largest absolute Gasteiger partial charge is 0.507 e. The minimum absolute atomic E-state index is 0.0417. The van der Waals surface area contributed by atoms with E-state index in [0.717, 1.165) is 11.3 Å². The highest BCUT2D eigenvalue weighted by molar-refractivity contribution is 6.15. The summed E-state index contributed by atoms with van der Waals surface area (Å²) in [5.41, 5.74) is 2.78. The van der Waals surface area contributed by atoms with Crippen molar-refractivity contribution in [3.63, 3.8) is 0 Å². The molecule has 0 unspecified atom stereocenters. The van der Waals surface area contributed by atoms with Crippen LogP contribution >= 0.6 is 0 Å². The lowest BCUT2D eigenvalue weighted by molar-refractivity contribution is 0.0692. The van der Waals surface area contributed by atoms with Gasteiger partial charge < -0.3 is 15.1 Å². The molecule has 0 heterocycles. The highest BCUT2D eigenvalue weighted by atomic mass is 16.4. The Labute approximate surface area is 157 Å². The van der Waals surface area contributed by atoms with E-state index in [1.807, 2.05) is 43.1 Å². The molecule has 136 valence electrons. The molecule has 27 heavy (non-hydrogen) atoms. The number of hydrogen-bond donors (Lipinski definition) is 2. The third-order valence-electron chi connectivity index (χ3n) is 4.40. The minimum Gasteiger partial charge on any atom is -0.507 e. The van der Waals surface area contributed by atoms with E-state index in [9.17, 15) is 19.8 Å². The van der Waals surface area contributed by atoms with Crippen LogP contribution in [-0.2, 0) is 0 Å². The molecule has 0 radical (unpaired) electrons. The summed E-state index contributed by atoms with van der Waals surface area (Å²) in [7, 11) is 1.87. The molecule has 5 nitrogen and oxygen atoms in total. The van der Waals surface area contributed by atoms with Crippen LogP contribution in [0.4, 0.5) is 11.4 Å². The zero-order valence-electron chi connectivity index (χ0n) is 15.0. The lowest BCUT2D eigenvalue weighted by Crippen LogP contribution is -2.12. The van der Waals surface area contributed by atoms with Gasteiger partial charge in [-0.05, 0) is 42.8 Å². The molecule has 0 fully saturated rings. The number of hydrogen-bond acceptors (Lipinski definition) is 4. The number of phenolic OH excluding ortho intramolecular Hbond substituents is 1. The number of carbonyl (C=O) groups is 2. The Bertz CT molecular complexity index is 1030. The maximum atomic E-state index is 12.8. The number of carbonyl (C=O) groups excluding carboxylic acids is 1. The number of rotatable bonds is 5. The van der Waals surface area contributed by atoms with E-state index in [4.69, 9.17) is 0 Å². The van der Waals surface area contributed by atoms with Gasteiger partial charge in [0.15, 0.2) is 5.78 Å². The summed E-state index contributed by atoms with van der Waals surface area (Å²) in [6.45, 7) is 2.00. The second kappa shape index (κ2) is 7.33. The third-order valence-corrected chi connectivity index (χ3v) is 4.40. The van der Waals surface area contributed by atoms with E-state index < -0.39 is 11.8 Å². The quantitative estimate of drug-likeness (QED) is 0.659. The number of anilines is 2. The van der Waals surface area contributed by atoms with Crippen molar-refractivity contribution >= 4 is 23.1 Å². The van der Waals surface area contributed by atoms with Gasteiger partial charge in [0.2, 0.25) is 0 Å². The molecule has 0 atom stereocenters. The average molecular weight is 361 g/mol. The van der Waals surface area contributed by atoms with Gasteiger partial charge in [-0.25, -0.2) is 4.79 Å². The van der Waals surface area contributed by atoms with E-state index in [-0.39, 0.29) is 22.4 Å². The number of nitrogens with zero attached hydrogens (tertiary/aromatic N) is 1. The molecule has 2 N–H and O–H groups in total. The third kappa shape index (κ3) is 3.67. The normalized spacial score (nSPS) is 10.4. The van der Waals surface area contributed by atoms with E-state index in [1.165, 1.54) is 24.3 Å². The number of carboxylic acids is 1. The minimum atomic E-state index is -1.19. The van der Waals surface area contributed by atoms with Gasteiger partial charge in [-0.3, -0.25) is 4.79 Å². The maximum Gasteiger partial charge on any atom is 0.336 e. The Morgan fingerprint density at radius 1 is 0.815 bits per heavy atom. The molecule has 0 aliphatic heterocycles. The first-order valence-corrected chi connectivity index (χ1v) is 8.39. The van der Waals surface area contributed by atoms with Gasteiger partial charge in [-0.2, -0.15) is 0 Å². The number of aromatic hydroxyl groups is 1. The summed E-state index contributed by atoms with van der Waals surface area (Å²) in [4.78, 5) is 26.0. The van der Waals surface area contributed by atoms with Crippen LogP contribution in [0.3, 0.4) is 0 Å². The summed E-state index contributed by atoms with van der Waals surface area (Å²) in [5, 5.41) is 19.7. The fraction of sp³-hybridized carbons (Fsp3) is 0.0909. The van der Waals surface area contributed by atoms with Crippen molar-refractivity contribution in [1.29, 1.82) is 0 Å². The molecule has 5 heteroatoms. The van der Waals surface area contributed by atoms with Gasteiger partial charge in [-0.1, -0.05) is 30.3 Å². The first-order chi connectivity index (χ1) is 12.9. The molecule has 3 aromatic rings. The fourth-order valence-electron chi connectivity index (χ4n) is 2.92. The monoisotopic (exact) mass is 361 g/mol. The van der Waals surface area contributed by atoms with Crippen molar-refractivity contribution in [2.24, 2.45) is 0 Å². The summed E-state index contributed by atoms with van der Waals surface area (Å²) < 4.78 is 0. The lowest BCUT2D eigenvalue weighted by Gasteiger charge is -2.20. The van der Waals surface area contributed by atoms with Crippen LogP contribution in [-0.4, -0.2) is 29.0 Å². The van der Waals surface area contributed by atoms with Gasteiger partial charge in [0.25, 0.3) is 0 Å². The van der Waals surface area contributed by atoms with Gasteiger partial charge in [0.1, 0.15) is 5.75 Å². The number of benzene rings is 3. The van der Waals surface area contributed by atoms with Crippen LogP contribution in [0.2, 0.25) is 0 Å². The van der Waals surface area contributed by atoms with Crippen LogP contribution in [0.15, 0.2) is 66.7 Å². The summed E-state index contributed by atoms with van der Waals surface area (Å²) >= 11 is 0. The molecule has 0 aromatic heterocycles. The van der Waals surface area contributed by atoms with Crippen molar-refractivity contribution in [2.45, 2.75) is 6.92 Å². The predicted octanol–water partition coefficient (Wildman–Crippen LogP) is 4.40.